The number of rotatable bonds is 7. The van der Waals surface area contributed by atoms with Crippen molar-refractivity contribution in [1.29, 1.82) is 0 Å². The minimum atomic E-state index is -0.129. The van der Waals surface area contributed by atoms with Crippen molar-refractivity contribution >= 4 is 0 Å². The monoisotopic (exact) mass is 221 g/mol. The Morgan fingerprint density at radius 2 is 1.88 bits per heavy atom. The van der Waals surface area contributed by atoms with Crippen molar-refractivity contribution in [2.24, 2.45) is 0 Å². The normalized spacial score (nSPS) is 14.7. The van der Waals surface area contributed by atoms with Gasteiger partial charge in [-0.25, -0.2) is 0 Å². The van der Waals surface area contributed by atoms with E-state index in [1.54, 1.807) is 0 Å². The lowest BCUT2D eigenvalue weighted by Crippen LogP contribution is -2.41. The van der Waals surface area contributed by atoms with Crippen LogP contribution >= 0.6 is 0 Å². The van der Waals surface area contributed by atoms with Crippen LogP contribution in [-0.2, 0) is 5.41 Å². The molecule has 0 amide bonds. The van der Waals surface area contributed by atoms with Crippen LogP contribution in [-0.4, -0.2) is 24.8 Å². The number of nitrogens with one attached hydrogen (secondary N) is 1. The molecule has 2 heteroatoms. The van der Waals surface area contributed by atoms with Gasteiger partial charge in [-0.15, -0.1) is 0 Å². The molecule has 1 aromatic rings. The zero-order valence-corrected chi connectivity index (χ0v) is 10.4. The Kier molecular flexibility index (Phi) is 5.50. The first-order valence-electron chi connectivity index (χ1n) is 6.16. The fourth-order valence-corrected chi connectivity index (χ4v) is 1.99. The van der Waals surface area contributed by atoms with Crippen LogP contribution < -0.4 is 5.32 Å². The number of hydrogen-bond donors (Lipinski definition) is 2. The second kappa shape index (κ2) is 6.66. The summed E-state index contributed by atoms with van der Waals surface area (Å²) in [7, 11) is 0. The molecular formula is C14H23NO. The zero-order valence-electron chi connectivity index (χ0n) is 10.4. The molecule has 0 heterocycles. The van der Waals surface area contributed by atoms with Crippen LogP contribution in [0.5, 0.6) is 0 Å². The maximum Gasteiger partial charge on any atom is 0.0540 e. The summed E-state index contributed by atoms with van der Waals surface area (Å²) in [5.41, 5.74) is 1.10. The van der Waals surface area contributed by atoms with E-state index in [0.717, 1.165) is 25.9 Å². The van der Waals surface area contributed by atoms with E-state index in [2.05, 4.69) is 31.3 Å². The quantitative estimate of drug-likeness (QED) is 0.693. The van der Waals surface area contributed by atoms with Crippen LogP contribution in [0.3, 0.4) is 0 Å². The second-order valence-corrected chi connectivity index (χ2v) is 4.33. The zero-order chi connectivity index (χ0) is 11.9. The molecule has 2 nitrogen and oxygen atoms in total. The minimum Gasteiger partial charge on any atom is -0.395 e. The standard InChI is InChI=1S/C14H23NO/c1-3-10-15-11-14(4-2,12-16)13-8-6-5-7-9-13/h5-9,15-16H,3-4,10-12H2,1-2H3. The number of hydrogen-bond acceptors (Lipinski definition) is 2. The molecule has 1 atom stereocenters. The summed E-state index contributed by atoms with van der Waals surface area (Å²) in [6, 6.07) is 10.3. The van der Waals surface area contributed by atoms with Crippen molar-refractivity contribution in [1.82, 2.24) is 5.32 Å². The van der Waals surface area contributed by atoms with E-state index in [4.69, 9.17) is 0 Å². The molecule has 0 saturated carbocycles. The summed E-state index contributed by atoms with van der Waals surface area (Å²) in [6.07, 6.45) is 2.07. The molecule has 16 heavy (non-hydrogen) atoms. The molecule has 0 spiro atoms. The van der Waals surface area contributed by atoms with Crippen LogP contribution in [0.4, 0.5) is 0 Å². The lowest BCUT2D eigenvalue weighted by Gasteiger charge is -2.31. The molecule has 0 radical (unpaired) electrons. The highest BCUT2D eigenvalue weighted by atomic mass is 16.3. The van der Waals surface area contributed by atoms with Crippen LogP contribution in [0, 0.1) is 0 Å². The van der Waals surface area contributed by atoms with Crippen LogP contribution in [0.2, 0.25) is 0 Å². The first-order chi connectivity index (χ1) is 7.79. The van der Waals surface area contributed by atoms with Crippen molar-refractivity contribution in [3.8, 4) is 0 Å². The highest BCUT2D eigenvalue weighted by molar-refractivity contribution is 5.26. The van der Waals surface area contributed by atoms with Crippen LogP contribution in [0.15, 0.2) is 30.3 Å². The smallest absolute Gasteiger partial charge is 0.0540 e. The van der Waals surface area contributed by atoms with E-state index in [9.17, 15) is 5.11 Å². The predicted molar refractivity (Wildman–Crippen MR) is 68.7 cm³/mol. The van der Waals surface area contributed by atoms with E-state index in [1.165, 1.54) is 5.56 Å². The van der Waals surface area contributed by atoms with Crippen molar-refractivity contribution in [2.45, 2.75) is 32.1 Å². The summed E-state index contributed by atoms with van der Waals surface area (Å²) in [5.74, 6) is 0. The summed E-state index contributed by atoms with van der Waals surface area (Å²) >= 11 is 0. The van der Waals surface area contributed by atoms with Gasteiger partial charge in [0.15, 0.2) is 0 Å². The lowest BCUT2D eigenvalue weighted by atomic mass is 9.78. The molecular weight excluding hydrogens is 198 g/mol. The van der Waals surface area contributed by atoms with E-state index < -0.39 is 0 Å². The van der Waals surface area contributed by atoms with E-state index in [-0.39, 0.29) is 12.0 Å². The molecule has 0 bridgehead atoms. The summed E-state index contributed by atoms with van der Waals surface area (Å²) in [4.78, 5) is 0. The van der Waals surface area contributed by atoms with E-state index >= 15 is 0 Å². The Morgan fingerprint density at radius 3 is 2.38 bits per heavy atom. The van der Waals surface area contributed by atoms with Crippen molar-refractivity contribution in [2.75, 3.05) is 19.7 Å². The van der Waals surface area contributed by atoms with E-state index in [0.29, 0.717) is 0 Å². The third-order valence-electron chi connectivity index (χ3n) is 3.26. The van der Waals surface area contributed by atoms with Crippen LogP contribution in [0.1, 0.15) is 32.3 Å². The van der Waals surface area contributed by atoms with Gasteiger partial charge >= 0.3 is 0 Å². The molecule has 1 rings (SSSR count). The Morgan fingerprint density at radius 1 is 1.19 bits per heavy atom. The van der Waals surface area contributed by atoms with Gasteiger partial charge in [-0.3, -0.25) is 0 Å². The Balaban J connectivity index is 2.79. The molecule has 90 valence electrons. The van der Waals surface area contributed by atoms with Crippen molar-refractivity contribution in [3.63, 3.8) is 0 Å². The Hall–Kier alpha value is -0.860. The second-order valence-electron chi connectivity index (χ2n) is 4.33. The summed E-state index contributed by atoms with van der Waals surface area (Å²) in [5, 5.41) is 13.1. The molecule has 1 aromatic carbocycles. The highest BCUT2D eigenvalue weighted by Gasteiger charge is 2.28. The van der Waals surface area contributed by atoms with Gasteiger partial charge in [-0.1, -0.05) is 44.2 Å². The first kappa shape index (κ1) is 13.2. The molecule has 2 N–H and O–H groups in total. The van der Waals surface area contributed by atoms with Gasteiger partial charge in [-0.2, -0.15) is 0 Å². The van der Waals surface area contributed by atoms with Gasteiger partial charge in [-0.05, 0) is 24.9 Å². The largest absolute Gasteiger partial charge is 0.395 e. The lowest BCUT2D eigenvalue weighted by molar-refractivity contribution is 0.184. The highest BCUT2D eigenvalue weighted by Crippen LogP contribution is 2.26. The molecule has 0 aliphatic carbocycles. The predicted octanol–water partition coefficient (Wildman–Crippen LogP) is 2.33. The SMILES string of the molecule is CCCNCC(CC)(CO)c1ccccc1. The first-order valence-corrected chi connectivity index (χ1v) is 6.16. The van der Waals surface area contributed by atoms with Crippen molar-refractivity contribution in [3.05, 3.63) is 35.9 Å². The van der Waals surface area contributed by atoms with E-state index in [1.807, 2.05) is 18.2 Å². The maximum absolute atomic E-state index is 9.69. The molecule has 0 aromatic heterocycles. The third-order valence-corrected chi connectivity index (χ3v) is 3.26. The topological polar surface area (TPSA) is 32.3 Å². The van der Waals surface area contributed by atoms with Gasteiger partial charge < -0.3 is 10.4 Å². The van der Waals surface area contributed by atoms with Crippen molar-refractivity contribution < 1.29 is 5.11 Å². The average Bonchev–Trinajstić information content (AvgIpc) is 2.36. The Labute approximate surface area is 98.7 Å². The van der Waals surface area contributed by atoms with Gasteiger partial charge in [0.05, 0.1) is 6.61 Å². The third kappa shape index (κ3) is 3.06. The van der Waals surface area contributed by atoms with Gasteiger partial charge in [0.1, 0.15) is 0 Å². The molecule has 0 aliphatic rings. The molecule has 0 fully saturated rings. The van der Waals surface area contributed by atoms with Gasteiger partial charge in [0.2, 0.25) is 0 Å². The summed E-state index contributed by atoms with van der Waals surface area (Å²) < 4.78 is 0. The average molecular weight is 221 g/mol. The summed E-state index contributed by atoms with van der Waals surface area (Å²) in [6.45, 7) is 6.34. The molecule has 0 aliphatic heterocycles. The molecule has 0 saturated heterocycles. The molecule has 1 unspecified atom stereocenters. The fourth-order valence-electron chi connectivity index (χ4n) is 1.99. The van der Waals surface area contributed by atoms with Gasteiger partial charge in [0.25, 0.3) is 0 Å². The van der Waals surface area contributed by atoms with Crippen LogP contribution in [0.25, 0.3) is 0 Å². The minimum absolute atomic E-state index is 0.129. The fraction of sp³-hybridized carbons (Fsp3) is 0.571. The maximum atomic E-state index is 9.69. The number of aliphatic hydroxyl groups is 1. The Bertz CT molecular complexity index is 280. The number of benzene rings is 1. The van der Waals surface area contributed by atoms with Gasteiger partial charge in [0, 0.05) is 12.0 Å². The number of aliphatic hydroxyl groups excluding tert-OH is 1.